The van der Waals surface area contributed by atoms with Crippen LogP contribution in [0.1, 0.15) is 0 Å². The first-order chi connectivity index (χ1) is 10.8. The Kier molecular flexibility index (Phi) is 3.14. The van der Waals surface area contributed by atoms with Crippen molar-refractivity contribution in [2.45, 2.75) is 0 Å². The fraction of sp³-hybridized carbons (Fsp3) is 0.312. The quantitative estimate of drug-likeness (QED) is 0.720. The molecule has 4 rings (SSSR count). The molecule has 1 fully saturated rings. The number of nitrogens with zero attached hydrogens (tertiary/aromatic N) is 6. The lowest BCUT2D eigenvalue weighted by Gasteiger charge is -2.36. The molecule has 1 aliphatic rings. The molecule has 0 amide bonds. The maximum atomic E-state index is 4.56. The topological polar surface area (TPSA) is 50.1 Å². The Bertz CT molecular complexity index is 774. The van der Waals surface area contributed by atoms with E-state index in [2.05, 4.69) is 30.8 Å². The summed E-state index contributed by atoms with van der Waals surface area (Å²) in [5.74, 6) is 2.03. The Morgan fingerprint density at radius 1 is 0.864 bits per heavy atom. The summed E-state index contributed by atoms with van der Waals surface area (Å²) in [6, 6.07) is 8.06. The van der Waals surface area contributed by atoms with E-state index in [0.29, 0.717) is 0 Å². The van der Waals surface area contributed by atoms with Gasteiger partial charge in [0.1, 0.15) is 11.3 Å². The lowest BCUT2D eigenvalue weighted by atomic mass is 10.2. The number of imidazole rings is 1. The van der Waals surface area contributed by atoms with Gasteiger partial charge in [-0.2, -0.15) is 0 Å². The lowest BCUT2D eigenvalue weighted by molar-refractivity contribution is 0.643. The third-order valence-electron chi connectivity index (χ3n) is 4.18. The van der Waals surface area contributed by atoms with Crippen molar-refractivity contribution < 1.29 is 0 Å². The van der Waals surface area contributed by atoms with Crippen LogP contribution in [-0.4, -0.2) is 45.7 Å². The lowest BCUT2D eigenvalue weighted by Crippen LogP contribution is -2.47. The van der Waals surface area contributed by atoms with Crippen LogP contribution in [0, 0.1) is 0 Å². The highest BCUT2D eigenvalue weighted by Gasteiger charge is 2.21. The van der Waals surface area contributed by atoms with Crippen LogP contribution in [0.15, 0.2) is 43.0 Å². The van der Waals surface area contributed by atoms with Crippen LogP contribution >= 0.6 is 0 Å². The highest BCUT2D eigenvalue weighted by Crippen LogP contribution is 2.24. The van der Waals surface area contributed by atoms with Crippen LogP contribution in [0.4, 0.5) is 11.6 Å². The van der Waals surface area contributed by atoms with Gasteiger partial charge in [-0.3, -0.25) is 0 Å². The summed E-state index contributed by atoms with van der Waals surface area (Å²) in [6.45, 7) is 3.75. The Morgan fingerprint density at radius 2 is 1.68 bits per heavy atom. The van der Waals surface area contributed by atoms with E-state index in [4.69, 9.17) is 0 Å². The van der Waals surface area contributed by atoms with E-state index >= 15 is 0 Å². The molecule has 4 heterocycles. The summed E-state index contributed by atoms with van der Waals surface area (Å²) < 4.78 is 2.03. The van der Waals surface area contributed by atoms with Crippen molar-refractivity contribution in [2.75, 3.05) is 36.0 Å². The van der Waals surface area contributed by atoms with Gasteiger partial charge in [0.2, 0.25) is 0 Å². The summed E-state index contributed by atoms with van der Waals surface area (Å²) in [4.78, 5) is 18.1. The number of anilines is 2. The van der Waals surface area contributed by atoms with Crippen molar-refractivity contribution in [2.24, 2.45) is 7.05 Å². The monoisotopic (exact) mass is 294 g/mol. The standard InChI is InChI=1S/C16H18N6/c1-20-12-19-15-13(20)5-7-18-16(15)22-10-8-21(9-11-22)14-4-2-3-6-17-14/h2-7,12H,8-11H2,1H3. The number of pyridine rings is 2. The first-order valence-corrected chi connectivity index (χ1v) is 7.50. The van der Waals surface area contributed by atoms with Gasteiger partial charge in [-0.15, -0.1) is 0 Å². The number of aromatic nitrogens is 4. The van der Waals surface area contributed by atoms with Gasteiger partial charge in [-0.1, -0.05) is 6.07 Å². The van der Waals surface area contributed by atoms with Gasteiger partial charge in [-0.05, 0) is 18.2 Å². The number of hydrogen-bond donors (Lipinski definition) is 0. The fourth-order valence-electron chi connectivity index (χ4n) is 2.97. The van der Waals surface area contributed by atoms with Crippen LogP contribution in [0.5, 0.6) is 0 Å². The zero-order valence-corrected chi connectivity index (χ0v) is 12.6. The number of hydrogen-bond acceptors (Lipinski definition) is 5. The van der Waals surface area contributed by atoms with Crippen LogP contribution in [0.25, 0.3) is 11.0 Å². The average Bonchev–Trinajstić information content (AvgIpc) is 2.97. The number of fused-ring (bicyclic) bond motifs is 1. The molecular formula is C16H18N6. The molecule has 0 spiro atoms. The van der Waals surface area contributed by atoms with Crippen LogP contribution in [0.2, 0.25) is 0 Å². The van der Waals surface area contributed by atoms with Gasteiger partial charge in [0, 0.05) is 45.6 Å². The van der Waals surface area contributed by atoms with E-state index < -0.39 is 0 Å². The first kappa shape index (κ1) is 13.1. The van der Waals surface area contributed by atoms with Crippen molar-refractivity contribution in [3.05, 3.63) is 43.0 Å². The molecule has 1 saturated heterocycles. The van der Waals surface area contributed by atoms with Gasteiger partial charge in [0.25, 0.3) is 0 Å². The first-order valence-electron chi connectivity index (χ1n) is 7.50. The van der Waals surface area contributed by atoms with E-state index in [-0.39, 0.29) is 0 Å². The molecule has 6 heteroatoms. The van der Waals surface area contributed by atoms with Crippen molar-refractivity contribution in [3.63, 3.8) is 0 Å². The van der Waals surface area contributed by atoms with Crippen molar-refractivity contribution in [1.82, 2.24) is 19.5 Å². The Labute approximate surface area is 129 Å². The minimum Gasteiger partial charge on any atom is -0.353 e. The van der Waals surface area contributed by atoms with Gasteiger partial charge in [0.15, 0.2) is 5.82 Å². The summed E-state index contributed by atoms with van der Waals surface area (Å²) in [5.41, 5.74) is 2.11. The molecule has 22 heavy (non-hydrogen) atoms. The molecule has 0 radical (unpaired) electrons. The molecule has 112 valence electrons. The van der Waals surface area contributed by atoms with E-state index in [1.807, 2.05) is 48.5 Å². The second kappa shape index (κ2) is 5.29. The van der Waals surface area contributed by atoms with E-state index in [1.165, 1.54) is 0 Å². The largest absolute Gasteiger partial charge is 0.353 e. The number of rotatable bonds is 2. The zero-order chi connectivity index (χ0) is 14.9. The van der Waals surface area contributed by atoms with Gasteiger partial charge >= 0.3 is 0 Å². The van der Waals surface area contributed by atoms with E-state index in [1.54, 1.807) is 0 Å². The minimum atomic E-state index is 0.930. The molecule has 3 aromatic heterocycles. The average molecular weight is 294 g/mol. The third-order valence-corrected chi connectivity index (χ3v) is 4.18. The number of piperazine rings is 1. The van der Waals surface area contributed by atoms with Crippen molar-refractivity contribution in [3.8, 4) is 0 Å². The van der Waals surface area contributed by atoms with Gasteiger partial charge in [0.05, 0.1) is 11.8 Å². The third kappa shape index (κ3) is 2.16. The summed E-state index contributed by atoms with van der Waals surface area (Å²) in [7, 11) is 2.01. The molecule has 0 N–H and O–H groups in total. The van der Waals surface area contributed by atoms with Crippen LogP contribution in [-0.2, 0) is 7.05 Å². The molecule has 0 atom stereocenters. The molecule has 0 aromatic carbocycles. The maximum Gasteiger partial charge on any atom is 0.156 e. The molecule has 3 aromatic rings. The second-order valence-corrected chi connectivity index (χ2v) is 5.52. The molecular weight excluding hydrogens is 276 g/mol. The molecule has 1 aliphatic heterocycles. The van der Waals surface area contributed by atoms with E-state index in [0.717, 1.165) is 48.8 Å². The van der Waals surface area contributed by atoms with Crippen LogP contribution < -0.4 is 9.80 Å². The summed E-state index contributed by atoms with van der Waals surface area (Å²) in [6.07, 6.45) is 5.56. The Balaban J connectivity index is 1.56. The number of aryl methyl sites for hydroxylation is 1. The second-order valence-electron chi connectivity index (χ2n) is 5.52. The van der Waals surface area contributed by atoms with E-state index in [9.17, 15) is 0 Å². The SMILES string of the molecule is Cn1cnc2c(N3CCN(c4ccccn4)CC3)nccc21. The molecule has 6 nitrogen and oxygen atoms in total. The van der Waals surface area contributed by atoms with Gasteiger partial charge < -0.3 is 14.4 Å². The molecule has 0 unspecified atom stereocenters. The van der Waals surface area contributed by atoms with Crippen molar-refractivity contribution >= 4 is 22.7 Å². The summed E-state index contributed by atoms with van der Waals surface area (Å²) in [5, 5.41) is 0. The summed E-state index contributed by atoms with van der Waals surface area (Å²) >= 11 is 0. The fourth-order valence-corrected chi connectivity index (χ4v) is 2.97. The highest BCUT2D eigenvalue weighted by atomic mass is 15.3. The normalized spacial score (nSPS) is 15.5. The van der Waals surface area contributed by atoms with Gasteiger partial charge in [-0.25, -0.2) is 15.0 Å². The zero-order valence-electron chi connectivity index (χ0n) is 12.6. The molecule has 0 bridgehead atoms. The predicted molar refractivity (Wildman–Crippen MR) is 87.2 cm³/mol. The minimum absolute atomic E-state index is 0.930. The van der Waals surface area contributed by atoms with Crippen molar-refractivity contribution in [1.29, 1.82) is 0 Å². The Morgan fingerprint density at radius 3 is 2.45 bits per heavy atom. The Hall–Kier alpha value is -2.63. The predicted octanol–water partition coefficient (Wildman–Crippen LogP) is 1.69. The maximum absolute atomic E-state index is 4.56. The van der Waals surface area contributed by atoms with Crippen LogP contribution in [0.3, 0.4) is 0 Å². The smallest absolute Gasteiger partial charge is 0.156 e. The molecule has 0 saturated carbocycles. The molecule has 0 aliphatic carbocycles. The highest BCUT2D eigenvalue weighted by molar-refractivity contribution is 5.86.